The van der Waals surface area contributed by atoms with Crippen molar-refractivity contribution in [3.8, 4) is 5.75 Å². The van der Waals surface area contributed by atoms with Crippen molar-refractivity contribution in [3.63, 3.8) is 0 Å². The molecule has 0 saturated carbocycles. The van der Waals surface area contributed by atoms with E-state index in [-0.39, 0.29) is 24.0 Å². The third-order valence-electron chi connectivity index (χ3n) is 5.02. The monoisotopic (exact) mass is 439 g/mol. The topological polar surface area (TPSA) is 63.7 Å². The second kappa shape index (κ2) is 8.71. The number of hydrogen-bond acceptors (Lipinski definition) is 4. The maximum atomic E-state index is 14.2. The molecule has 1 aliphatic heterocycles. The molecule has 0 radical (unpaired) electrons. The number of nitrogens with zero attached hydrogens (tertiary/aromatic N) is 1. The van der Waals surface area contributed by atoms with Crippen LogP contribution in [0.15, 0.2) is 42.5 Å². The molecule has 2 atom stereocenters. The van der Waals surface area contributed by atoms with E-state index in [4.69, 9.17) is 16.3 Å². The molecular weight excluding hydrogens is 417 g/mol. The lowest BCUT2D eigenvalue weighted by Crippen LogP contribution is -2.46. The van der Waals surface area contributed by atoms with Crippen LogP contribution in [0.25, 0.3) is 0 Å². The van der Waals surface area contributed by atoms with Crippen LogP contribution in [0.1, 0.15) is 24.5 Å². The highest BCUT2D eigenvalue weighted by atomic mass is 35.5. The Hall–Kier alpha value is -2.12. The molecule has 2 aromatic rings. The van der Waals surface area contributed by atoms with Crippen molar-refractivity contribution >= 4 is 27.3 Å². The highest BCUT2D eigenvalue weighted by Crippen LogP contribution is 2.25. The highest BCUT2D eigenvalue weighted by molar-refractivity contribution is 7.91. The zero-order chi connectivity index (χ0) is 21.2. The predicted octanol–water partition coefficient (Wildman–Crippen LogP) is 3.77. The number of sulfone groups is 1. The van der Waals surface area contributed by atoms with Gasteiger partial charge in [-0.3, -0.25) is 4.79 Å². The summed E-state index contributed by atoms with van der Waals surface area (Å²) in [6.07, 6.45) is -0.541. The molecule has 1 amide bonds. The average Bonchev–Trinajstić information content (AvgIpc) is 3.03. The van der Waals surface area contributed by atoms with Gasteiger partial charge in [0.2, 0.25) is 0 Å². The van der Waals surface area contributed by atoms with Crippen LogP contribution in [-0.2, 0) is 21.2 Å². The van der Waals surface area contributed by atoms with Crippen molar-refractivity contribution in [2.24, 2.45) is 0 Å². The summed E-state index contributed by atoms with van der Waals surface area (Å²) < 4.78 is 43.9. The van der Waals surface area contributed by atoms with E-state index in [2.05, 4.69) is 0 Å². The summed E-state index contributed by atoms with van der Waals surface area (Å²) in [6, 6.07) is 10.7. The summed E-state index contributed by atoms with van der Waals surface area (Å²) >= 11 is 6.03. The molecule has 5 nitrogen and oxygen atoms in total. The number of aryl methyl sites for hydroxylation is 1. The van der Waals surface area contributed by atoms with Crippen molar-refractivity contribution in [1.82, 2.24) is 4.90 Å². The molecule has 1 fully saturated rings. The van der Waals surface area contributed by atoms with Gasteiger partial charge in [-0.1, -0.05) is 29.8 Å². The van der Waals surface area contributed by atoms with Crippen LogP contribution in [0.2, 0.25) is 5.02 Å². The summed E-state index contributed by atoms with van der Waals surface area (Å²) in [4.78, 5) is 14.6. The van der Waals surface area contributed by atoms with Crippen molar-refractivity contribution in [1.29, 1.82) is 0 Å². The smallest absolute Gasteiger partial charge is 0.263 e. The number of rotatable bonds is 6. The van der Waals surface area contributed by atoms with Crippen molar-refractivity contribution in [2.75, 3.05) is 11.5 Å². The maximum Gasteiger partial charge on any atom is 0.263 e. The molecule has 156 valence electrons. The summed E-state index contributed by atoms with van der Waals surface area (Å²) in [7, 11) is -3.21. The van der Waals surface area contributed by atoms with E-state index in [0.717, 1.165) is 5.56 Å². The lowest BCUT2D eigenvalue weighted by Gasteiger charge is -2.31. The van der Waals surface area contributed by atoms with Crippen molar-refractivity contribution < 1.29 is 22.3 Å². The summed E-state index contributed by atoms with van der Waals surface area (Å²) in [5.41, 5.74) is 1.15. The van der Waals surface area contributed by atoms with E-state index in [1.54, 1.807) is 43.3 Å². The Morgan fingerprint density at radius 1 is 1.31 bits per heavy atom. The number of halogens is 2. The lowest BCUT2D eigenvalue weighted by atomic mass is 10.1. The van der Waals surface area contributed by atoms with Crippen LogP contribution in [-0.4, -0.2) is 42.9 Å². The molecule has 1 aliphatic rings. The van der Waals surface area contributed by atoms with Gasteiger partial charge in [-0.2, -0.15) is 0 Å². The first-order chi connectivity index (χ1) is 13.7. The Morgan fingerprint density at radius 3 is 2.66 bits per heavy atom. The molecule has 8 heteroatoms. The molecule has 0 aliphatic carbocycles. The number of ether oxygens (including phenoxy) is 1. The summed E-state index contributed by atoms with van der Waals surface area (Å²) in [5.74, 6) is -0.446. The Balaban J connectivity index is 1.82. The molecule has 0 N–H and O–H groups in total. The van der Waals surface area contributed by atoms with Gasteiger partial charge in [0.05, 0.1) is 11.5 Å². The number of carbonyl (C=O) groups is 1. The van der Waals surface area contributed by atoms with Crippen LogP contribution in [0, 0.1) is 12.7 Å². The lowest BCUT2D eigenvalue weighted by molar-refractivity contribution is -0.140. The number of benzene rings is 2. The van der Waals surface area contributed by atoms with E-state index in [9.17, 15) is 17.6 Å². The maximum absolute atomic E-state index is 14.2. The van der Waals surface area contributed by atoms with Gasteiger partial charge in [0.15, 0.2) is 15.9 Å². The SMILES string of the molecule is Cc1cc(O[C@@H](C)C(=O)N(Cc2ccccc2F)[C@H]2CCS(=O)(=O)C2)ccc1Cl. The summed E-state index contributed by atoms with van der Waals surface area (Å²) in [5, 5.41) is 0.591. The van der Waals surface area contributed by atoms with E-state index in [1.165, 1.54) is 11.0 Å². The fourth-order valence-corrected chi connectivity index (χ4v) is 5.25. The normalized spacial score (nSPS) is 19.0. The Morgan fingerprint density at radius 2 is 2.03 bits per heavy atom. The minimum absolute atomic E-state index is 0.0148. The average molecular weight is 440 g/mol. The number of hydrogen-bond donors (Lipinski definition) is 0. The van der Waals surface area contributed by atoms with Crippen LogP contribution in [0.5, 0.6) is 5.75 Å². The zero-order valence-corrected chi connectivity index (χ0v) is 17.8. The van der Waals surface area contributed by atoms with E-state index >= 15 is 0 Å². The second-order valence-corrected chi connectivity index (χ2v) is 9.92. The molecule has 3 rings (SSSR count). The molecule has 1 saturated heterocycles. The van der Waals surface area contributed by atoms with Crippen LogP contribution < -0.4 is 4.74 Å². The molecule has 29 heavy (non-hydrogen) atoms. The molecule has 0 bridgehead atoms. The van der Waals surface area contributed by atoms with E-state index in [1.807, 2.05) is 6.92 Å². The fourth-order valence-electron chi connectivity index (χ4n) is 3.40. The first-order valence-electron chi connectivity index (χ1n) is 9.33. The fraction of sp³-hybridized carbons (Fsp3) is 0.381. The Labute approximate surface area is 175 Å². The van der Waals surface area contributed by atoms with Gasteiger partial charge >= 0.3 is 0 Å². The highest BCUT2D eigenvalue weighted by Gasteiger charge is 2.37. The molecule has 0 unspecified atom stereocenters. The van der Waals surface area contributed by atoms with Gasteiger partial charge < -0.3 is 9.64 Å². The van der Waals surface area contributed by atoms with E-state index in [0.29, 0.717) is 22.8 Å². The Kier molecular flexibility index (Phi) is 6.49. The van der Waals surface area contributed by atoms with Crippen LogP contribution >= 0.6 is 11.6 Å². The zero-order valence-electron chi connectivity index (χ0n) is 16.3. The minimum atomic E-state index is -3.21. The largest absolute Gasteiger partial charge is 0.481 e. The second-order valence-electron chi connectivity index (χ2n) is 7.29. The molecule has 2 aromatic carbocycles. The Bertz CT molecular complexity index is 1010. The van der Waals surface area contributed by atoms with Gasteiger partial charge in [0, 0.05) is 23.2 Å². The molecular formula is C21H23ClFNO4S. The van der Waals surface area contributed by atoms with E-state index < -0.39 is 27.8 Å². The van der Waals surface area contributed by atoms with Crippen LogP contribution in [0.4, 0.5) is 4.39 Å². The van der Waals surface area contributed by atoms with Gasteiger partial charge in [0.1, 0.15) is 11.6 Å². The van der Waals surface area contributed by atoms with Crippen molar-refractivity contribution in [3.05, 3.63) is 64.4 Å². The first-order valence-corrected chi connectivity index (χ1v) is 11.5. The third kappa shape index (κ3) is 5.28. The van der Waals surface area contributed by atoms with Gasteiger partial charge in [-0.05, 0) is 50.1 Å². The number of amides is 1. The quantitative estimate of drug-likeness (QED) is 0.687. The summed E-state index contributed by atoms with van der Waals surface area (Å²) in [6.45, 7) is 3.42. The van der Waals surface area contributed by atoms with Gasteiger partial charge in [-0.15, -0.1) is 0 Å². The van der Waals surface area contributed by atoms with Gasteiger partial charge in [-0.25, -0.2) is 12.8 Å². The first kappa shape index (κ1) is 21.6. The van der Waals surface area contributed by atoms with Gasteiger partial charge in [0.25, 0.3) is 5.91 Å². The third-order valence-corrected chi connectivity index (χ3v) is 7.20. The molecule has 1 heterocycles. The molecule has 0 aromatic heterocycles. The van der Waals surface area contributed by atoms with Crippen molar-refractivity contribution in [2.45, 2.75) is 39.0 Å². The standard InChI is InChI=1S/C21H23ClFNO4S/c1-14-11-18(7-8-19(14)22)28-15(2)21(25)24(17-9-10-29(26,27)13-17)12-16-5-3-4-6-20(16)23/h3-8,11,15,17H,9-10,12-13H2,1-2H3/t15-,17-/m0/s1. The minimum Gasteiger partial charge on any atom is -0.481 e. The van der Waals surface area contributed by atoms with Crippen LogP contribution in [0.3, 0.4) is 0 Å². The number of carbonyl (C=O) groups excluding carboxylic acids is 1. The predicted molar refractivity (Wildman–Crippen MR) is 110 cm³/mol. The molecule has 0 spiro atoms.